The van der Waals surface area contributed by atoms with Gasteiger partial charge >= 0.3 is 6.03 Å². The Bertz CT molecular complexity index is 1140. The molecule has 8 heteroatoms. The Morgan fingerprint density at radius 3 is 2.41 bits per heavy atom. The number of likely N-dealkylation sites (N-methyl/N-ethyl adjacent to an activating group) is 1. The van der Waals surface area contributed by atoms with E-state index in [0.717, 1.165) is 26.2 Å². The van der Waals surface area contributed by atoms with Crippen molar-refractivity contribution in [1.82, 2.24) is 30.0 Å². The number of aromatic nitrogens is 2. The first-order valence-electron chi connectivity index (χ1n) is 12.1. The standard InChI is InChI=1S/C26H34N6O2/c1-3-31(4-2)23(20-10-6-5-7-11-20)18-27-26(34)32-16-14-30(15-17-32)19-24-28-22-13-9-8-12-21(22)25(33)29-24/h5-13,23H,3-4,14-19H2,1-2H3,(H,27,34)(H,28,29,33)/t23-/m1/s1. The second-order valence-electron chi connectivity index (χ2n) is 8.63. The van der Waals surface area contributed by atoms with Gasteiger partial charge in [-0.25, -0.2) is 9.78 Å². The van der Waals surface area contributed by atoms with Crippen molar-refractivity contribution in [3.63, 3.8) is 0 Å². The molecule has 1 aromatic heterocycles. The van der Waals surface area contributed by atoms with Crippen LogP contribution in [0.3, 0.4) is 0 Å². The molecule has 1 aliphatic heterocycles. The number of amides is 2. The van der Waals surface area contributed by atoms with Crippen molar-refractivity contribution in [2.24, 2.45) is 0 Å². The Labute approximate surface area is 200 Å². The van der Waals surface area contributed by atoms with Gasteiger partial charge in [0.2, 0.25) is 0 Å². The van der Waals surface area contributed by atoms with E-state index in [2.05, 4.69) is 51.1 Å². The van der Waals surface area contributed by atoms with Gasteiger partial charge in [-0.2, -0.15) is 0 Å². The highest BCUT2D eigenvalue weighted by molar-refractivity contribution is 5.77. The van der Waals surface area contributed by atoms with Gasteiger partial charge in [0.25, 0.3) is 5.56 Å². The predicted molar refractivity (Wildman–Crippen MR) is 135 cm³/mol. The smallest absolute Gasteiger partial charge is 0.317 e. The van der Waals surface area contributed by atoms with Crippen molar-refractivity contribution in [3.8, 4) is 0 Å². The summed E-state index contributed by atoms with van der Waals surface area (Å²) in [5, 5.41) is 3.76. The van der Waals surface area contributed by atoms with E-state index >= 15 is 0 Å². The zero-order chi connectivity index (χ0) is 23.9. The van der Waals surface area contributed by atoms with Gasteiger partial charge in [0.15, 0.2) is 0 Å². The minimum absolute atomic E-state index is 0.0232. The second-order valence-corrected chi connectivity index (χ2v) is 8.63. The number of nitrogens with zero attached hydrogens (tertiary/aromatic N) is 4. The normalized spacial score (nSPS) is 15.6. The van der Waals surface area contributed by atoms with E-state index in [0.29, 0.717) is 42.9 Å². The number of carbonyl (C=O) groups is 1. The molecule has 34 heavy (non-hydrogen) atoms. The molecular formula is C26H34N6O2. The molecule has 3 aromatic rings. The summed E-state index contributed by atoms with van der Waals surface area (Å²) in [5.41, 5.74) is 1.81. The minimum atomic E-state index is -0.111. The lowest BCUT2D eigenvalue weighted by molar-refractivity contribution is 0.130. The third-order valence-electron chi connectivity index (χ3n) is 6.58. The molecule has 4 rings (SSSR count). The first-order chi connectivity index (χ1) is 16.6. The van der Waals surface area contributed by atoms with Crippen LogP contribution in [0.1, 0.15) is 31.3 Å². The number of aromatic amines is 1. The molecule has 0 aliphatic carbocycles. The molecule has 2 N–H and O–H groups in total. The molecule has 0 bridgehead atoms. The van der Waals surface area contributed by atoms with Crippen molar-refractivity contribution < 1.29 is 4.79 Å². The summed E-state index contributed by atoms with van der Waals surface area (Å²) in [4.78, 5) is 39.2. The highest BCUT2D eigenvalue weighted by Gasteiger charge is 2.24. The van der Waals surface area contributed by atoms with Gasteiger partial charge in [-0.3, -0.25) is 14.6 Å². The quantitative estimate of drug-likeness (QED) is 0.538. The Kier molecular flexibility index (Phi) is 7.92. The van der Waals surface area contributed by atoms with Gasteiger partial charge in [0.1, 0.15) is 5.82 Å². The zero-order valence-corrected chi connectivity index (χ0v) is 20.0. The second kappa shape index (κ2) is 11.3. The molecule has 1 fully saturated rings. The van der Waals surface area contributed by atoms with Gasteiger partial charge in [0, 0.05) is 32.7 Å². The molecule has 0 unspecified atom stereocenters. The van der Waals surface area contributed by atoms with Crippen LogP contribution in [-0.2, 0) is 6.54 Å². The molecule has 8 nitrogen and oxygen atoms in total. The van der Waals surface area contributed by atoms with Gasteiger partial charge in [0.05, 0.1) is 23.5 Å². The number of benzene rings is 2. The van der Waals surface area contributed by atoms with E-state index < -0.39 is 0 Å². The van der Waals surface area contributed by atoms with Crippen LogP contribution in [0.5, 0.6) is 0 Å². The number of piperazine rings is 1. The Hall–Kier alpha value is -3.23. The number of rotatable bonds is 8. The summed E-state index contributed by atoms with van der Waals surface area (Å²) in [5.74, 6) is 0.659. The minimum Gasteiger partial charge on any atom is -0.336 e. The highest BCUT2D eigenvalue weighted by Crippen LogP contribution is 2.19. The van der Waals surface area contributed by atoms with E-state index in [-0.39, 0.29) is 17.6 Å². The molecule has 1 saturated heterocycles. The maximum absolute atomic E-state index is 12.9. The largest absolute Gasteiger partial charge is 0.336 e. The van der Waals surface area contributed by atoms with Crippen LogP contribution in [0.25, 0.3) is 10.9 Å². The first-order valence-corrected chi connectivity index (χ1v) is 12.1. The summed E-state index contributed by atoms with van der Waals surface area (Å²) >= 11 is 0. The number of hydrogen-bond donors (Lipinski definition) is 2. The molecule has 2 heterocycles. The molecule has 0 spiro atoms. The first kappa shape index (κ1) is 23.9. The summed E-state index contributed by atoms with van der Waals surface area (Å²) in [6.45, 7) is 10.1. The third-order valence-corrected chi connectivity index (χ3v) is 6.58. The summed E-state index contributed by atoms with van der Waals surface area (Å²) in [7, 11) is 0. The monoisotopic (exact) mass is 462 g/mol. The Balaban J connectivity index is 1.31. The zero-order valence-electron chi connectivity index (χ0n) is 20.0. The van der Waals surface area contributed by atoms with E-state index in [1.165, 1.54) is 5.56 Å². The lowest BCUT2D eigenvalue weighted by Crippen LogP contribution is -2.52. The number of fused-ring (bicyclic) bond motifs is 1. The van der Waals surface area contributed by atoms with E-state index in [1.54, 1.807) is 6.07 Å². The SMILES string of the molecule is CCN(CC)[C@H](CNC(=O)N1CCN(Cc2nc3ccccc3c(=O)[nH]2)CC1)c1ccccc1. The summed E-state index contributed by atoms with van der Waals surface area (Å²) in [6, 6.07) is 17.9. The number of carbonyl (C=O) groups excluding carboxylic acids is 1. The van der Waals surface area contributed by atoms with Crippen LogP contribution in [0.2, 0.25) is 0 Å². The summed E-state index contributed by atoms with van der Waals surface area (Å²) in [6.07, 6.45) is 0. The molecule has 180 valence electrons. The number of urea groups is 1. The van der Waals surface area contributed by atoms with Crippen LogP contribution in [0.15, 0.2) is 59.4 Å². The van der Waals surface area contributed by atoms with Gasteiger partial charge in [-0.1, -0.05) is 56.3 Å². The Morgan fingerprint density at radius 2 is 1.71 bits per heavy atom. The van der Waals surface area contributed by atoms with Crippen LogP contribution in [-0.4, -0.2) is 76.5 Å². The van der Waals surface area contributed by atoms with Crippen molar-refractivity contribution in [3.05, 3.63) is 76.3 Å². The molecule has 2 amide bonds. The van der Waals surface area contributed by atoms with Crippen molar-refractivity contribution in [1.29, 1.82) is 0 Å². The molecule has 0 radical (unpaired) electrons. The molecule has 0 saturated carbocycles. The maximum Gasteiger partial charge on any atom is 0.317 e. The van der Waals surface area contributed by atoms with Crippen LogP contribution in [0, 0.1) is 0 Å². The van der Waals surface area contributed by atoms with E-state index in [9.17, 15) is 9.59 Å². The van der Waals surface area contributed by atoms with Gasteiger partial charge < -0.3 is 15.2 Å². The lowest BCUT2D eigenvalue weighted by Gasteiger charge is -2.35. The van der Waals surface area contributed by atoms with Crippen molar-refractivity contribution in [2.45, 2.75) is 26.4 Å². The predicted octanol–water partition coefficient (Wildman–Crippen LogP) is 2.83. The topological polar surface area (TPSA) is 84.6 Å². The number of H-pyrrole nitrogens is 1. The number of para-hydroxylation sites is 1. The number of hydrogen-bond acceptors (Lipinski definition) is 5. The highest BCUT2D eigenvalue weighted by atomic mass is 16.2. The average molecular weight is 463 g/mol. The van der Waals surface area contributed by atoms with E-state index in [1.807, 2.05) is 41.3 Å². The fourth-order valence-corrected chi connectivity index (χ4v) is 4.62. The van der Waals surface area contributed by atoms with Crippen LogP contribution in [0.4, 0.5) is 4.79 Å². The molecule has 1 aliphatic rings. The lowest BCUT2D eigenvalue weighted by atomic mass is 10.1. The maximum atomic E-state index is 12.9. The fraction of sp³-hybridized carbons (Fsp3) is 0.423. The van der Waals surface area contributed by atoms with Crippen molar-refractivity contribution in [2.75, 3.05) is 45.8 Å². The van der Waals surface area contributed by atoms with Gasteiger partial charge in [-0.15, -0.1) is 0 Å². The molecular weight excluding hydrogens is 428 g/mol. The number of nitrogens with one attached hydrogen (secondary N) is 2. The van der Waals surface area contributed by atoms with Gasteiger partial charge in [-0.05, 0) is 30.8 Å². The average Bonchev–Trinajstić information content (AvgIpc) is 2.87. The van der Waals surface area contributed by atoms with Crippen LogP contribution >= 0.6 is 0 Å². The Morgan fingerprint density at radius 1 is 1.03 bits per heavy atom. The van der Waals surface area contributed by atoms with Crippen molar-refractivity contribution >= 4 is 16.9 Å². The van der Waals surface area contributed by atoms with E-state index in [4.69, 9.17) is 0 Å². The fourth-order valence-electron chi connectivity index (χ4n) is 4.62. The summed E-state index contributed by atoms with van der Waals surface area (Å²) < 4.78 is 0. The molecule has 1 atom stereocenters. The third kappa shape index (κ3) is 5.63. The van der Waals surface area contributed by atoms with Crippen LogP contribution < -0.4 is 10.9 Å². The molecule has 2 aromatic carbocycles.